The van der Waals surface area contributed by atoms with Crippen LogP contribution in [0.4, 0.5) is 4.39 Å². The van der Waals surface area contributed by atoms with Crippen LogP contribution in [0.5, 0.6) is 0 Å². The first kappa shape index (κ1) is 18.5. The quantitative estimate of drug-likeness (QED) is 0.344. The summed E-state index contributed by atoms with van der Waals surface area (Å²) in [4.78, 5) is 13.1. The van der Waals surface area contributed by atoms with Gasteiger partial charge in [0.1, 0.15) is 6.17 Å². The summed E-state index contributed by atoms with van der Waals surface area (Å²) in [5, 5.41) is 15.0. The zero-order valence-corrected chi connectivity index (χ0v) is 15.2. The molecule has 4 fully saturated rings. The number of hydrazine groups is 1. The highest BCUT2D eigenvalue weighted by atomic mass is 19.1. The van der Waals surface area contributed by atoms with Crippen LogP contribution in [0.25, 0.3) is 0 Å². The van der Waals surface area contributed by atoms with Crippen molar-refractivity contribution in [3.05, 3.63) is 0 Å². The maximum atomic E-state index is 13.6. The smallest absolute Gasteiger partial charge is 0.229 e. The molecule has 0 aromatic heterocycles. The molecular weight excluding hydrogens is 337 g/mol. The average Bonchev–Trinajstić information content (AvgIpc) is 2.97. The van der Waals surface area contributed by atoms with Crippen LogP contribution in [-0.4, -0.2) is 74.7 Å². The Hall–Kier alpha value is -0.840. The van der Waals surface area contributed by atoms with E-state index in [0.29, 0.717) is 11.8 Å². The number of fused-ring (bicyclic) bond motifs is 1. The fourth-order valence-electron chi connectivity index (χ4n) is 5.13. The number of nitrogens with zero attached hydrogens (tertiary/aromatic N) is 1. The van der Waals surface area contributed by atoms with Gasteiger partial charge in [0.25, 0.3) is 0 Å². The number of carbonyl (C=O) groups is 1. The van der Waals surface area contributed by atoms with Gasteiger partial charge in [0, 0.05) is 25.7 Å². The highest BCUT2D eigenvalue weighted by Gasteiger charge is 2.47. The highest BCUT2D eigenvalue weighted by Crippen LogP contribution is 2.30. The van der Waals surface area contributed by atoms with E-state index in [9.17, 15) is 9.18 Å². The Morgan fingerprint density at radius 3 is 2.69 bits per heavy atom. The number of piperidine rings is 2. The molecule has 0 bridgehead atoms. The largest absolute Gasteiger partial charge is 0.351 e. The van der Waals surface area contributed by atoms with Crippen molar-refractivity contribution in [1.29, 1.82) is 0 Å². The van der Waals surface area contributed by atoms with Gasteiger partial charge >= 0.3 is 0 Å². The van der Waals surface area contributed by atoms with Crippen molar-refractivity contribution in [3.8, 4) is 0 Å². The molecule has 6 unspecified atom stereocenters. The normalized spacial score (nSPS) is 42.4. The second kappa shape index (κ2) is 8.04. The molecule has 0 aromatic carbocycles. The van der Waals surface area contributed by atoms with Gasteiger partial charge in [-0.15, -0.1) is 0 Å². The van der Waals surface area contributed by atoms with Crippen LogP contribution in [0.3, 0.4) is 0 Å². The third kappa shape index (κ3) is 3.74. The maximum absolute atomic E-state index is 13.6. The van der Waals surface area contributed by atoms with E-state index in [2.05, 4.69) is 26.7 Å². The number of carbonyl (C=O) groups excluding carboxylic acids is 1. The van der Waals surface area contributed by atoms with Crippen LogP contribution in [0.1, 0.15) is 19.3 Å². The third-order valence-electron chi connectivity index (χ3n) is 6.48. The molecule has 0 spiro atoms. The molecule has 0 radical (unpaired) electrons. The van der Waals surface area contributed by atoms with Crippen molar-refractivity contribution in [2.24, 2.45) is 23.5 Å². The molecule has 26 heavy (non-hydrogen) atoms. The molecule has 1 amide bonds. The van der Waals surface area contributed by atoms with Gasteiger partial charge in [-0.2, -0.15) is 0 Å². The Morgan fingerprint density at radius 2 is 1.88 bits per heavy atom. The molecule has 4 saturated heterocycles. The minimum Gasteiger partial charge on any atom is -0.351 e. The van der Waals surface area contributed by atoms with Gasteiger partial charge in [-0.25, -0.2) is 14.8 Å². The minimum atomic E-state index is -0.945. The number of halogens is 1. The topological polar surface area (TPSA) is 106 Å². The second-order valence-electron chi connectivity index (χ2n) is 8.14. The standard InChI is InChI=1S/C17H32FN7O/c18-11-7-22-16-14(15(19)24-25(16)9-11)17(26)23-13-8-21-6-3-12(13)10-1-4-20-5-2-10/h10-16,20-22,24H,1-9,19H2,(H,23,26). The first-order valence-corrected chi connectivity index (χ1v) is 10.0. The van der Waals surface area contributed by atoms with Crippen molar-refractivity contribution in [1.82, 2.24) is 31.7 Å². The van der Waals surface area contributed by atoms with E-state index in [1.807, 2.05) is 0 Å². The lowest BCUT2D eigenvalue weighted by Crippen LogP contribution is -2.60. The van der Waals surface area contributed by atoms with Crippen LogP contribution in [0.2, 0.25) is 0 Å². The molecular formula is C17H32FN7O. The Labute approximate surface area is 154 Å². The van der Waals surface area contributed by atoms with E-state index in [4.69, 9.17) is 5.73 Å². The van der Waals surface area contributed by atoms with E-state index >= 15 is 0 Å². The van der Waals surface area contributed by atoms with Gasteiger partial charge in [0.05, 0.1) is 18.2 Å². The first-order chi connectivity index (χ1) is 12.6. The summed E-state index contributed by atoms with van der Waals surface area (Å²) in [6.07, 6.45) is 1.77. The molecule has 148 valence electrons. The van der Waals surface area contributed by atoms with E-state index < -0.39 is 18.3 Å². The van der Waals surface area contributed by atoms with Crippen molar-refractivity contribution in [2.45, 2.75) is 43.8 Å². The number of nitrogens with two attached hydrogens (primary N) is 1. The van der Waals surface area contributed by atoms with Gasteiger partial charge < -0.3 is 21.7 Å². The fourth-order valence-corrected chi connectivity index (χ4v) is 5.13. The number of amides is 1. The molecule has 7 N–H and O–H groups in total. The van der Waals surface area contributed by atoms with Crippen LogP contribution < -0.4 is 32.4 Å². The molecule has 6 atom stereocenters. The van der Waals surface area contributed by atoms with Gasteiger partial charge in [-0.1, -0.05) is 0 Å². The number of alkyl halides is 1. The predicted octanol–water partition coefficient (Wildman–Crippen LogP) is -1.93. The van der Waals surface area contributed by atoms with Crippen molar-refractivity contribution in [2.75, 3.05) is 39.3 Å². The molecule has 4 aliphatic heterocycles. The van der Waals surface area contributed by atoms with Crippen molar-refractivity contribution >= 4 is 5.91 Å². The Bertz CT molecular complexity index is 504. The number of hydrogen-bond donors (Lipinski definition) is 6. The lowest BCUT2D eigenvalue weighted by Gasteiger charge is -2.40. The minimum absolute atomic E-state index is 0.0325. The Kier molecular flexibility index (Phi) is 5.72. The van der Waals surface area contributed by atoms with Gasteiger partial charge in [0.15, 0.2) is 0 Å². The van der Waals surface area contributed by atoms with E-state index in [-0.39, 0.29) is 31.2 Å². The molecule has 0 saturated carbocycles. The Balaban J connectivity index is 1.41. The third-order valence-corrected chi connectivity index (χ3v) is 6.48. The molecule has 0 aromatic rings. The van der Waals surface area contributed by atoms with Crippen molar-refractivity contribution in [3.63, 3.8) is 0 Å². The molecule has 4 rings (SSSR count). The lowest BCUT2D eigenvalue weighted by atomic mass is 9.76. The zero-order valence-electron chi connectivity index (χ0n) is 15.2. The first-order valence-electron chi connectivity index (χ1n) is 10.0. The summed E-state index contributed by atoms with van der Waals surface area (Å²) in [6.45, 7) is 4.49. The SMILES string of the molecule is NC1NN2CC(F)CNC2C1C(=O)NC1CNCCC1C1CCNCC1. The van der Waals surface area contributed by atoms with Gasteiger partial charge in [-0.3, -0.25) is 10.1 Å². The van der Waals surface area contributed by atoms with Crippen LogP contribution >= 0.6 is 0 Å². The zero-order chi connectivity index (χ0) is 18.1. The molecule has 9 heteroatoms. The highest BCUT2D eigenvalue weighted by molar-refractivity contribution is 5.80. The summed E-state index contributed by atoms with van der Waals surface area (Å²) >= 11 is 0. The van der Waals surface area contributed by atoms with Gasteiger partial charge in [0.2, 0.25) is 5.91 Å². The van der Waals surface area contributed by atoms with Crippen LogP contribution in [0, 0.1) is 17.8 Å². The number of nitrogens with one attached hydrogen (secondary N) is 5. The predicted molar refractivity (Wildman–Crippen MR) is 96.5 cm³/mol. The summed E-state index contributed by atoms with van der Waals surface area (Å²) in [5.74, 6) is 0.724. The van der Waals surface area contributed by atoms with E-state index in [0.717, 1.165) is 32.6 Å². The summed E-state index contributed by atoms with van der Waals surface area (Å²) in [6, 6.07) is 0.137. The molecule has 4 aliphatic rings. The van der Waals surface area contributed by atoms with E-state index in [1.54, 1.807) is 5.01 Å². The molecule has 0 aliphatic carbocycles. The summed E-state index contributed by atoms with van der Waals surface area (Å²) < 4.78 is 13.6. The van der Waals surface area contributed by atoms with Crippen LogP contribution in [0.15, 0.2) is 0 Å². The Morgan fingerprint density at radius 1 is 1.12 bits per heavy atom. The summed E-state index contributed by atoms with van der Waals surface area (Å²) in [5.41, 5.74) is 9.22. The van der Waals surface area contributed by atoms with Gasteiger partial charge in [-0.05, 0) is 50.7 Å². The molecule has 8 nitrogen and oxygen atoms in total. The second-order valence-corrected chi connectivity index (χ2v) is 8.14. The lowest BCUT2D eigenvalue weighted by molar-refractivity contribution is -0.128. The monoisotopic (exact) mass is 369 g/mol. The maximum Gasteiger partial charge on any atom is 0.229 e. The van der Waals surface area contributed by atoms with Crippen LogP contribution in [-0.2, 0) is 4.79 Å². The molecule has 4 heterocycles. The van der Waals surface area contributed by atoms with E-state index in [1.165, 1.54) is 12.8 Å². The number of rotatable bonds is 3. The fraction of sp³-hybridized carbons (Fsp3) is 0.941. The average molecular weight is 369 g/mol. The van der Waals surface area contributed by atoms with Crippen molar-refractivity contribution < 1.29 is 9.18 Å². The summed E-state index contributed by atoms with van der Waals surface area (Å²) in [7, 11) is 0. The number of hydrogen-bond acceptors (Lipinski definition) is 7.